The molecular formula is C25H26N2O4. The zero-order valence-corrected chi connectivity index (χ0v) is 17.8. The molecule has 0 saturated heterocycles. The summed E-state index contributed by atoms with van der Waals surface area (Å²) in [4.78, 5) is 24.1. The number of carbonyl (C=O) groups is 2. The van der Waals surface area contributed by atoms with E-state index >= 15 is 0 Å². The molecule has 6 heteroatoms. The van der Waals surface area contributed by atoms with Gasteiger partial charge in [-0.25, -0.2) is 0 Å². The Morgan fingerprint density at radius 3 is 2.13 bits per heavy atom. The second kappa shape index (κ2) is 10.3. The van der Waals surface area contributed by atoms with E-state index in [0.29, 0.717) is 11.5 Å². The molecule has 0 fully saturated rings. The molecule has 0 radical (unpaired) electrons. The molecule has 0 heterocycles. The van der Waals surface area contributed by atoms with Crippen molar-refractivity contribution in [2.24, 2.45) is 0 Å². The van der Waals surface area contributed by atoms with Gasteiger partial charge in [-0.1, -0.05) is 48.5 Å². The first-order valence-corrected chi connectivity index (χ1v) is 10.0. The van der Waals surface area contributed by atoms with E-state index in [2.05, 4.69) is 10.9 Å². The smallest absolute Gasteiger partial charge is 0.279 e. The van der Waals surface area contributed by atoms with Crippen LogP contribution in [-0.2, 0) is 9.59 Å². The second-order valence-corrected chi connectivity index (χ2v) is 7.22. The predicted octanol–water partition coefficient (Wildman–Crippen LogP) is 3.96. The topological polar surface area (TPSA) is 76.7 Å². The summed E-state index contributed by atoms with van der Waals surface area (Å²) in [6.07, 6.45) is -0.770. The minimum Gasteiger partial charge on any atom is -0.484 e. The highest BCUT2D eigenvalue weighted by atomic mass is 16.5. The van der Waals surface area contributed by atoms with Crippen molar-refractivity contribution in [3.63, 3.8) is 0 Å². The molecule has 0 aliphatic carbocycles. The molecule has 2 N–H and O–H groups in total. The van der Waals surface area contributed by atoms with E-state index in [-0.39, 0.29) is 6.61 Å². The average Bonchev–Trinajstić information content (AvgIpc) is 2.79. The number of ether oxygens (including phenoxy) is 2. The molecule has 2 amide bonds. The molecular weight excluding hydrogens is 392 g/mol. The van der Waals surface area contributed by atoms with Crippen molar-refractivity contribution >= 4 is 11.8 Å². The first-order chi connectivity index (χ1) is 14.9. The lowest BCUT2D eigenvalue weighted by atomic mass is 10.1. The largest absolute Gasteiger partial charge is 0.484 e. The number of aryl methyl sites for hydroxylation is 2. The molecule has 0 spiro atoms. The maximum absolute atomic E-state index is 12.2. The number of rotatable bonds is 7. The van der Waals surface area contributed by atoms with Crippen LogP contribution < -0.4 is 20.3 Å². The van der Waals surface area contributed by atoms with Crippen LogP contribution >= 0.6 is 0 Å². The zero-order valence-electron chi connectivity index (χ0n) is 17.8. The number of carbonyl (C=O) groups excluding carboxylic acids is 2. The lowest BCUT2D eigenvalue weighted by molar-refractivity contribution is -0.133. The Hall–Kier alpha value is -3.80. The molecule has 0 saturated carbocycles. The van der Waals surface area contributed by atoms with Gasteiger partial charge in [-0.3, -0.25) is 20.4 Å². The molecule has 31 heavy (non-hydrogen) atoms. The van der Waals surface area contributed by atoms with E-state index in [1.54, 1.807) is 19.1 Å². The molecule has 3 aromatic carbocycles. The van der Waals surface area contributed by atoms with Gasteiger partial charge in [-0.15, -0.1) is 0 Å². The summed E-state index contributed by atoms with van der Waals surface area (Å²) in [6, 6.07) is 23.0. The maximum Gasteiger partial charge on any atom is 0.279 e. The summed E-state index contributed by atoms with van der Waals surface area (Å²) in [7, 11) is 0. The Morgan fingerprint density at radius 2 is 1.45 bits per heavy atom. The van der Waals surface area contributed by atoms with Crippen molar-refractivity contribution in [1.82, 2.24) is 10.9 Å². The van der Waals surface area contributed by atoms with Gasteiger partial charge < -0.3 is 9.47 Å². The van der Waals surface area contributed by atoms with Crippen molar-refractivity contribution in [1.29, 1.82) is 0 Å². The van der Waals surface area contributed by atoms with E-state index < -0.39 is 17.9 Å². The van der Waals surface area contributed by atoms with Gasteiger partial charge in [0.2, 0.25) is 0 Å². The number of amides is 2. The van der Waals surface area contributed by atoms with Gasteiger partial charge >= 0.3 is 0 Å². The van der Waals surface area contributed by atoms with Gasteiger partial charge in [-0.2, -0.15) is 0 Å². The standard InChI is InChI=1S/C25H26N2O4/c1-17-9-12-23(15-18(17)2)31-19(3)25(29)27-26-24(28)16-30-22-13-10-21(11-14-22)20-7-5-4-6-8-20/h4-15,19H,16H2,1-3H3,(H,26,28)(H,27,29). The number of hydrogen-bond donors (Lipinski definition) is 2. The van der Waals surface area contributed by atoms with Gasteiger partial charge in [0, 0.05) is 0 Å². The van der Waals surface area contributed by atoms with Crippen molar-refractivity contribution in [2.75, 3.05) is 6.61 Å². The minimum atomic E-state index is -0.770. The van der Waals surface area contributed by atoms with Crippen LogP contribution in [0.3, 0.4) is 0 Å². The van der Waals surface area contributed by atoms with Crippen LogP contribution in [0.5, 0.6) is 11.5 Å². The molecule has 160 valence electrons. The molecule has 1 atom stereocenters. The quantitative estimate of drug-likeness (QED) is 0.570. The second-order valence-electron chi connectivity index (χ2n) is 7.22. The third-order valence-electron chi connectivity index (χ3n) is 4.82. The van der Waals surface area contributed by atoms with E-state index in [1.807, 2.05) is 74.5 Å². The van der Waals surface area contributed by atoms with Gasteiger partial charge in [-0.05, 0) is 67.3 Å². The fourth-order valence-corrected chi connectivity index (χ4v) is 2.84. The summed E-state index contributed by atoms with van der Waals surface area (Å²) in [5.74, 6) is 0.226. The van der Waals surface area contributed by atoms with Crippen LogP contribution in [0, 0.1) is 13.8 Å². The van der Waals surface area contributed by atoms with Crippen molar-refractivity contribution in [3.05, 3.63) is 83.9 Å². The molecule has 0 aliphatic heterocycles. The third-order valence-corrected chi connectivity index (χ3v) is 4.82. The minimum absolute atomic E-state index is 0.225. The van der Waals surface area contributed by atoms with E-state index in [0.717, 1.165) is 22.3 Å². The molecule has 0 aliphatic rings. The van der Waals surface area contributed by atoms with Crippen LogP contribution in [0.1, 0.15) is 18.1 Å². The third kappa shape index (κ3) is 6.34. The number of nitrogens with one attached hydrogen (secondary N) is 2. The number of hydrogen-bond acceptors (Lipinski definition) is 4. The Bertz CT molecular complexity index is 1030. The lowest BCUT2D eigenvalue weighted by Gasteiger charge is -2.16. The number of hydrazine groups is 1. The lowest BCUT2D eigenvalue weighted by Crippen LogP contribution is -2.48. The normalized spacial score (nSPS) is 11.3. The highest BCUT2D eigenvalue weighted by Gasteiger charge is 2.16. The van der Waals surface area contributed by atoms with Gasteiger partial charge in [0.1, 0.15) is 11.5 Å². The summed E-state index contributed by atoms with van der Waals surface area (Å²) in [6.45, 7) is 5.37. The molecule has 6 nitrogen and oxygen atoms in total. The summed E-state index contributed by atoms with van der Waals surface area (Å²) in [5, 5.41) is 0. The molecule has 3 aromatic rings. The van der Waals surface area contributed by atoms with Crippen LogP contribution in [0.15, 0.2) is 72.8 Å². The Kier molecular flexibility index (Phi) is 7.27. The van der Waals surface area contributed by atoms with Crippen molar-refractivity contribution in [2.45, 2.75) is 26.9 Å². The van der Waals surface area contributed by atoms with E-state index in [1.165, 1.54) is 0 Å². The summed E-state index contributed by atoms with van der Waals surface area (Å²) in [5.41, 5.74) is 9.07. The summed E-state index contributed by atoms with van der Waals surface area (Å²) >= 11 is 0. The number of benzene rings is 3. The highest BCUT2D eigenvalue weighted by molar-refractivity contribution is 5.85. The Balaban J connectivity index is 1.42. The van der Waals surface area contributed by atoms with Gasteiger partial charge in [0.25, 0.3) is 11.8 Å². The fraction of sp³-hybridized carbons (Fsp3) is 0.200. The van der Waals surface area contributed by atoms with E-state index in [4.69, 9.17) is 9.47 Å². The van der Waals surface area contributed by atoms with Gasteiger partial charge in [0.05, 0.1) is 0 Å². The zero-order chi connectivity index (χ0) is 22.2. The van der Waals surface area contributed by atoms with Crippen molar-refractivity contribution in [3.8, 4) is 22.6 Å². The Morgan fingerprint density at radius 1 is 0.806 bits per heavy atom. The monoisotopic (exact) mass is 418 g/mol. The van der Waals surface area contributed by atoms with Crippen LogP contribution in [0.25, 0.3) is 11.1 Å². The van der Waals surface area contributed by atoms with Crippen LogP contribution in [-0.4, -0.2) is 24.5 Å². The van der Waals surface area contributed by atoms with Gasteiger partial charge in [0.15, 0.2) is 12.7 Å². The van der Waals surface area contributed by atoms with Crippen LogP contribution in [0.4, 0.5) is 0 Å². The van der Waals surface area contributed by atoms with Crippen LogP contribution in [0.2, 0.25) is 0 Å². The molecule has 0 bridgehead atoms. The first-order valence-electron chi connectivity index (χ1n) is 10.0. The van der Waals surface area contributed by atoms with Crippen molar-refractivity contribution < 1.29 is 19.1 Å². The average molecular weight is 418 g/mol. The molecule has 0 aromatic heterocycles. The SMILES string of the molecule is Cc1ccc(OC(C)C(=O)NNC(=O)COc2ccc(-c3ccccc3)cc2)cc1C. The first kappa shape index (κ1) is 21.9. The Labute approximate surface area is 182 Å². The fourth-order valence-electron chi connectivity index (χ4n) is 2.84. The maximum atomic E-state index is 12.2. The molecule has 1 unspecified atom stereocenters. The summed E-state index contributed by atoms with van der Waals surface area (Å²) < 4.78 is 11.1. The van der Waals surface area contributed by atoms with E-state index in [9.17, 15) is 9.59 Å². The highest BCUT2D eigenvalue weighted by Crippen LogP contribution is 2.22. The predicted molar refractivity (Wildman–Crippen MR) is 120 cm³/mol. The molecule has 3 rings (SSSR count).